The zero-order chi connectivity index (χ0) is 11.9. The van der Waals surface area contributed by atoms with E-state index in [1.165, 1.54) is 10.6 Å². The maximum absolute atomic E-state index is 6.50. The van der Waals surface area contributed by atoms with Gasteiger partial charge >= 0.3 is 0 Å². The molecule has 2 unspecified atom stereocenters. The first kappa shape index (κ1) is 12.0. The molecule has 0 radical (unpaired) electrons. The van der Waals surface area contributed by atoms with Crippen molar-refractivity contribution in [1.29, 1.82) is 0 Å². The van der Waals surface area contributed by atoms with Crippen LogP contribution >= 0.6 is 11.3 Å². The van der Waals surface area contributed by atoms with Gasteiger partial charge in [-0.15, -0.1) is 11.3 Å². The van der Waals surface area contributed by atoms with Gasteiger partial charge in [-0.05, 0) is 33.7 Å². The Balaban J connectivity index is 2.30. The Morgan fingerprint density at radius 1 is 1.62 bits per heavy atom. The van der Waals surface area contributed by atoms with Crippen LogP contribution in [0.15, 0.2) is 0 Å². The first-order valence-corrected chi connectivity index (χ1v) is 6.74. The molecule has 1 aliphatic heterocycles. The zero-order valence-electron chi connectivity index (χ0n) is 10.6. The summed E-state index contributed by atoms with van der Waals surface area (Å²) in [6.45, 7) is 7.45. The van der Waals surface area contributed by atoms with E-state index in [4.69, 9.17) is 10.7 Å². The molecule has 0 bridgehead atoms. The van der Waals surface area contributed by atoms with Gasteiger partial charge in [0.05, 0.1) is 11.2 Å². The highest BCUT2D eigenvalue weighted by Crippen LogP contribution is 2.35. The van der Waals surface area contributed by atoms with Crippen LogP contribution in [0.25, 0.3) is 0 Å². The molecule has 1 aliphatic rings. The summed E-state index contributed by atoms with van der Waals surface area (Å²) in [6.07, 6.45) is 2.02. The van der Waals surface area contributed by atoms with E-state index in [1.54, 1.807) is 11.3 Å². The first-order valence-electron chi connectivity index (χ1n) is 5.92. The second-order valence-corrected chi connectivity index (χ2v) is 6.20. The second-order valence-electron chi connectivity index (χ2n) is 5.00. The maximum Gasteiger partial charge on any atom is 0.114 e. The number of nitrogens with zero attached hydrogens (tertiary/aromatic N) is 2. The Morgan fingerprint density at radius 2 is 2.31 bits per heavy atom. The van der Waals surface area contributed by atoms with Crippen LogP contribution in [0.3, 0.4) is 0 Å². The van der Waals surface area contributed by atoms with Crippen LogP contribution in [0.4, 0.5) is 0 Å². The molecule has 3 nitrogen and oxygen atoms in total. The molecule has 0 aromatic carbocycles. The zero-order valence-corrected chi connectivity index (χ0v) is 11.4. The third kappa shape index (κ3) is 1.90. The van der Waals surface area contributed by atoms with Gasteiger partial charge in [-0.3, -0.25) is 0 Å². The fourth-order valence-corrected chi connectivity index (χ4v) is 3.58. The minimum absolute atomic E-state index is 0.225. The largest absolute Gasteiger partial charge is 0.318 e. The van der Waals surface area contributed by atoms with Gasteiger partial charge in [0.15, 0.2) is 0 Å². The standard InChI is InChI=1S/C12H21N3S/c1-5-10-9(3)16-11(14-10)12(13)6-8(2)15(4)7-12/h8H,5-7,13H2,1-4H3. The lowest BCUT2D eigenvalue weighted by atomic mass is 9.99. The molecular formula is C12H21N3S. The number of nitrogens with two attached hydrogens (primary N) is 1. The van der Waals surface area contributed by atoms with Crippen molar-refractivity contribution in [2.75, 3.05) is 13.6 Å². The molecule has 0 spiro atoms. The van der Waals surface area contributed by atoms with Crippen molar-refractivity contribution in [3.63, 3.8) is 0 Å². The fraction of sp³-hybridized carbons (Fsp3) is 0.750. The number of aryl methyl sites for hydroxylation is 2. The molecule has 1 saturated heterocycles. The van der Waals surface area contributed by atoms with Crippen molar-refractivity contribution >= 4 is 11.3 Å². The van der Waals surface area contributed by atoms with Crippen LogP contribution in [0.1, 0.15) is 35.8 Å². The number of likely N-dealkylation sites (N-methyl/N-ethyl adjacent to an activating group) is 1. The number of likely N-dealkylation sites (tertiary alicyclic amines) is 1. The molecule has 2 rings (SSSR count). The smallest absolute Gasteiger partial charge is 0.114 e. The highest BCUT2D eigenvalue weighted by Gasteiger charge is 2.41. The van der Waals surface area contributed by atoms with E-state index in [0.717, 1.165) is 24.4 Å². The summed E-state index contributed by atoms with van der Waals surface area (Å²) in [5, 5.41) is 1.12. The normalized spacial score (nSPS) is 31.2. The minimum atomic E-state index is -0.225. The minimum Gasteiger partial charge on any atom is -0.318 e. The predicted octanol–water partition coefficient (Wildman–Crippen LogP) is 1.89. The van der Waals surface area contributed by atoms with E-state index < -0.39 is 0 Å². The second kappa shape index (κ2) is 4.09. The summed E-state index contributed by atoms with van der Waals surface area (Å²) in [7, 11) is 2.14. The number of hydrogen-bond donors (Lipinski definition) is 1. The van der Waals surface area contributed by atoms with E-state index in [9.17, 15) is 0 Å². The average molecular weight is 239 g/mol. The number of thiazole rings is 1. The van der Waals surface area contributed by atoms with Gasteiger partial charge in [-0.25, -0.2) is 4.98 Å². The van der Waals surface area contributed by atoms with Gasteiger partial charge in [0, 0.05) is 17.5 Å². The Morgan fingerprint density at radius 3 is 2.75 bits per heavy atom. The number of rotatable bonds is 2. The van der Waals surface area contributed by atoms with Crippen LogP contribution in [0.2, 0.25) is 0 Å². The maximum atomic E-state index is 6.50. The van der Waals surface area contributed by atoms with Crippen molar-refractivity contribution in [3.05, 3.63) is 15.6 Å². The van der Waals surface area contributed by atoms with Crippen molar-refractivity contribution in [3.8, 4) is 0 Å². The topological polar surface area (TPSA) is 42.1 Å². The van der Waals surface area contributed by atoms with Crippen molar-refractivity contribution in [2.24, 2.45) is 5.73 Å². The average Bonchev–Trinajstić information content (AvgIpc) is 2.70. The lowest BCUT2D eigenvalue weighted by Crippen LogP contribution is -2.39. The summed E-state index contributed by atoms with van der Waals surface area (Å²) in [4.78, 5) is 8.36. The molecule has 1 fully saturated rings. The number of aromatic nitrogens is 1. The Kier molecular flexibility index (Phi) is 3.07. The third-order valence-corrected chi connectivity index (χ3v) is 4.83. The van der Waals surface area contributed by atoms with Gasteiger partial charge in [0.1, 0.15) is 5.01 Å². The predicted molar refractivity (Wildman–Crippen MR) is 68.8 cm³/mol. The van der Waals surface area contributed by atoms with Crippen LogP contribution in [-0.2, 0) is 12.0 Å². The van der Waals surface area contributed by atoms with E-state index in [1.807, 2.05) is 0 Å². The van der Waals surface area contributed by atoms with Crippen molar-refractivity contribution < 1.29 is 0 Å². The highest BCUT2D eigenvalue weighted by molar-refractivity contribution is 7.11. The lowest BCUT2D eigenvalue weighted by Gasteiger charge is -2.20. The fourth-order valence-electron chi connectivity index (χ4n) is 2.47. The van der Waals surface area contributed by atoms with Crippen LogP contribution in [0, 0.1) is 6.92 Å². The molecule has 2 atom stereocenters. The first-order chi connectivity index (χ1) is 7.46. The Labute approximate surface area is 102 Å². The van der Waals surface area contributed by atoms with Gasteiger partial charge < -0.3 is 10.6 Å². The van der Waals surface area contributed by atoms with Crippen LogP contribution < -0.4 is 5.73 Å². The molecule has 4 heteroatoms. The summed E-state index contributed by atoms with van der Waals surface area (Å²) in [6, 6.07) is 0.555. The molecule has 90 valence electrons. The van der Waals surface area contributed by atoms with E-state index in [0.29, 0.717) is 6.04 Å². The monoisotopic (exact) mass is 239 g/mol. The van der Waals surface area contributed by atoms with Gasteiger partial charge in [-0.2, -0.15) is 0 Å². The van der Waals surface area contributed by atoms with E-state index in [-0.39, 0.29) is 5.54 Å². The number of hydrogen-bond acceptors (Lipinski definition) is 4. The lowest BCUT2D eigenvalue weighted by molar-refractivity contribution is 0.320. The van der Waals surface area contributed by atoms with Crippen LogP contribution in [-0.4, -0.2) is 29.5 Å². The van der Waals surface area contributed by atoms with E-state index in [2.05, 4.69) is 32.7 Å². The molecule has 2 N–H and O–H groups in total. The molecule has 1 aromatic rings. The third-order valence-electron chi connectivity index (χ3n) is 3.60. The Hall–Kier alpha value is -0.450. The van der Waals surface area contributed by atoms with Crippen molar-refractivity contribution in [2.45, 2.75) is 45.2 Å². The van der Waals surface area contributed by atoms with E-state index >= 15 is 0 Å². The SMILES string of the molecule is CCc1nc(C2(N)CC(C)N(C)C2)sc1C. The summed E-state index contributed by atoms with van der Waals surface area (Å²) in [5.41, 5.74) is 7.49. The molecule has 0 saturated carbocycles. The summed E-state index contributed by atoms with van der Waals surface area (Å²) < 4.78 is 0. The Bertz CT molecular complexity index is 376. The molecule has 2 heterocycles. The van der Waals surface area contributed by atoms with Crippen molar-refractivity contribution in [1.82, 2.24) is 9.88 Å². The van der Waals surface area contributed by atoms with Gasteiger partial charge in [0.25, 0.3) is 0 Å². The quantitative estimate of drug-likeness (QED) is 0.857. The molecule has 1 aromatic heterocycles. The summed E-state index contributed by atoms with van der Waals surface area (Å²) in [5.74, 6) is 0. The highest BCUT2D eigenvalue weighted by atomic mass is 32.1. The van der Waals surface area contributed by atoms with Gasteiger partial charge in [0.2, 0.25) is 0 Å². The summed E-state index contributed by atoms with van der Waals surface area (Å²) >= 11 is 1.78. The van der Waals surface area contributed by atoms with Crippen LogP contribution in [0.5, 0.6) is 0 Å². The van der Waals surface area contributed by atoms with Gasteiger partial charge in [-0.1, -0.05) is 6.92 Å². The molecule has 0 amide bonds. The molecule has 0 aliphatic carbocycles. The molecular weight excluding hydrogens is 218 g/mol. The molecule has 16 heavy (non-hydrogen) atoms.